The molecule has 1 saturated heterocycles. The third-order valence-corrected chi connectivity index (χ3v) is 4.07. The molecule has 1 fully saturated rings. The second kappa shape index (κ2) is 6.51. The summed E-state index contributed by atoms with van der Waals surface area (Å²) in [6.45, 7) is 2.64. The number of aromatic nitrogens is 1. The number of hydrogen-bond donors (Lipinski definition) is 0. The largest absolute Gasteiger partial charge is 0.433 e. The number of anilines is 2. The summed E-state index contributed by atoms with van der Waals surface area (Å²) < 4.78 is 38.3. The maximum Gasteiger partial charge on any atom is 0.433 e. The molecular formula is C17H16F3N3O. The number of halogens is 3. The number of carbonyl (C=O) groups is 1. The summed E-state index contributed by atoms with van der Waals surface area (Å²) in [4.78, 5) is 18.2. The highest BCUT2D eigenvalue weighted by molar-refractivity contribution is 5.75. The van der Waals surface area contributed by atoms with Gasteiger partial charge in [-0.15, -0.1) is 0 Å². The number of carbonyl (C=O) groups excluding carboxylic acids is 1. The first kappa shape index (κ1) is 16.3. The van der Waals surface area contributed by atoms with Gasteiger partial charge >= 0.3 is 6.18 Å². The second-order valence-corrected chi connectivity index (χ2v) is 5.58. The highest BCUT2D eigenvalue weighted by Gasteiger charge is 2.33. The molecule has 0 aliphatic carbocycles. The minimum atomic E-state index is -4.43. The fraction of sp³-hybridized carbons (Fsp3) is 0.294. The molecule has 7 heteroatoms. The van der Waals surface area contributed by atoms with Crippen molar-refractivity contribution in [1.29, 1.82) is 0 Å². The predicted octanol–water partition coefficient (Wildman–Crippen LogP) is 3.24. The van der Waals surface area contributed by atoms with Crippen LogP contribution in [0.3, 0.4) is 0 Å². The molecule has 2 heterocycles. The summed E-state index contributed by atoms with van der Waals surface area (Å²) in [5.74, 6) is 0. The van der Waals surface area contributed by atoms with Gasteiger partial charge in [0, 0.05) is 49.3 Å². The van der Waals surface area contributed by atoms with Gasteiger partial charge in [0.15, 0.2) is 0 Å². The highest BCUT2D eigenvalue weighted by atomic mass is 19.4. The molecular weight excluding hydrogens is 319 g/mol. The smallest absolute Gasteiger partial charge is 0.368 e. The Bertz CT molecular complexity index is 708. The van der Waals surface area contributed by atoms with Gasteiger partial charge in [-0.3, -0.25) is 9.78 Å². The van der Waals surface area contributed by atoms with Gasteiger partial charge in [-0.2, -0.15) is 13.2 Å². The lowest BCUT2D eigenvalue weighted by atomic mass is 10.2. The van der Waals surface area contributed by atoms with Gasteiger partial charge in [0.2, 0.25) is 0 Å². The van der Waals surface area contributed by atoms with Gasteiger partial charge in [0.1, 0.15) is 12.0 Å². The summed E-state index contributed by atoms with van der Waals surface area (Å²) in [5.41, 5.74) is 1.29. The Morgan fingerprint density at radius 1 is 0.917 bits per heavy atom. The van der Waals surface area contributed by atoms with E-state index in [0.717, 1.165) is 18.0 Å². The lowest BCUT2D eigenvalue weighted by Crippen LogP contribution is -2.46. The first-order valence-electron chi connectivity index (χ1n) is 7.56. The summed E-state index contributed by atoms with van der Waals surface area (Å²) in [5, 5.41) is 0. The number of alkyl halides is 3. The van der Waals surface area contributed by atoms with Gasteiger partial charge in [-0.1, -0.05) is 0 Å². The van der Waals surface area contributed by atoms with Crippen molar-refractivity contribution in [1.82, 2.24) is 4.98 Å². The van der Waals surface area contributed by atoms with E-state index < -0.39 is 11.9 Å². The van der Waals surface area contributed by atoms with Crippen LogP contribution in [0.2, 0.25) is 0 Å². The minimum absolute atomic E-state index is 0.535. The van der Waals surface area contributed by atoms with E-state index in [-0.39, 0.29) is 0 Å². The van der Waals surface area contributed by atoms with E-state index in [4.69, 9.17) is 0 Å². The molecule has 0 radical (unpaired) electrons. The monoisotopic (exact) mass is 335 g/mol. The zero-order chi connectivity index (χ0) is 17.2. The summed E-state index contributed by atoms with van der Waals surface area (Å²) in [7, 11) is 0. The van der Waals surface area contributed by atoms with Crippen molar-refractivity contribution in [2.45, 2.75) is 6.18 Å². The quantitative estimate of drug-likeness (QED) is 0.807. The van der Waals surface area contributed by atoms with Crippen LogP contribution in [0, 0.1) is 0 Å². The van der Waals surface area contributed by atoms with Gasteiger partial charge in [-0.25, -0.2) is 0 Å². The summed E-state index contributed by atoms with van der Waals surface area (Å²) in [6, 6.07) is 9.97. The molecule has 0 amide bonds. The average Bonchev–Trinajstić information content (AvgIpc) is 2.61. The van der Waals surface area contributed by atoms with Gasteiger partial charge in [0.05, 0.1) is 0 Å². The molecule has 1 aliphatic heterocycles. The van der Waals surface area contributed by atoms with Crippen LogP contribution in [0.4, 0.5) is 24.5 Å². The van der Waals surface area contributed by atoms with Crippen molar-refractivity contribution in [3.8, 4) is 0 Å². The number of benzene rings is 1. The lowest BCUT2D eigenvalue weighted by Gasteiger charge is -2.37. The van der Waals surface area contributed by atoms with E-state index in [9.17, 15) is 18.0 Å². The Morgan fingerprint density at radius 2 is 1.50 bits per heavy atom. The van der Waals surface area contributed by atoms with Crippen molar-refractivity contribution in [2.75, 3.05) is 36.0 Å². The van der Waals surface area contributed by atoms with Crippen LogP contribution >= 0.6 is 0 Å². The van der Waals surface area contributed by atoms with Crippen LogP contribution in [0.1, 0.15) is 16.1 Å². The Labute approximate surface area is 137 Å². The van der Waals surface area contributed by atoms with Crippen molar-refractivity contribution in [3.05, 3.63) is 53.9 Å². The molecule has 0 bridgehead atoms. The zero-order valence-electron chi connectivity index (χ0n) is 12.8. The zero-order valence-corrected chi connectivity index (χ0v) is 12.8. The van der Waals surface area contributed by atoms with Gasteiger partial charge in [-0.05, 0) is 36.4 Å². The Balaban J connectivity index is 1.67. The van der Waals surface area contributed by atoms with Crippen LogP contribution in [0.5, 0.6) is 0 Å². The molecule has 1 aromatic heterocycles. The van der Waals surface area contributed by atoms with E-state index in [1.165, 1.54) is 6.20 Å². The third-order valence-electron chi connectivity index (χ3n) is 4.07. The number of piperazine rings is 1. The molecule has 1 aromatic carbocycles. The normalized spacial score (nSPS) is 15.5. The number of aldehydes is 1. The summed E-state index contributed by atoms with van der Waals surface area (Å²) >= 11 is 0. The van der Waals surface area contributed by atoms with Crippen molar-refractivity contribution in [2.24, 2.45) is 0 Å². The fourth-order valence-corrected chi connectivity index (χ4v) is 2.76. The van der Waals surface area contributed by atoms with E-state index >= 15 is 0 Å². The molecule has 0 N–H and O–H groups in total. The number of pyridine rings is 1. The minimum Gasteiger partial charge on any atom is -0.368 e. The van der Waals surface area contributed by atoms with E-state index in [1.54, 1.807) is 18.2 Å². The second-order valence-electron chi connectivity index (χ2n) is 5.58. The molecule has 2 aromatic rings. The molecule has 126 valence electrons. The van der Waals surface area contributed by atoms with Crippen LogP contribution in [-0.4, -0.2) is 37.4 Å². The molecule has 24 heavy (non-hydrogen) atoms. The third kappa shape index (κ3) is 3.50. The highest BCUT2D eigenvalue weighted by Crippen LogP contribution is 2.30. The van der Waals surface area contributed by atoms with Crippen LogP contribution < -0.4 is 9.80 Å². The number of hydrogen-bond acceptors (Lipinski definition) is 4. The van der Waals surface area contributed by atoms with Crippen molar-refractivity contribution < 1.29 is 18.0 Å². The molecule has 0 unspecified atom stereocenters. The predicted molar refractivity (Wildman–Crippen MR) is 85.5 cm³/mol. The maximum atomic E-state index is 12.8. The van der Waals surface area contributed by atoms with Crippen molar-refractivity contribution in [3.63, 3.8) is 0 Å². The van der Waals surface area contributed by atoms with Gasteiger partial charge < -0.3 is 9.80 Å². The van der Waals surface area contributed by atoms with Crippen LogP contribution in [0.25, 0.3) is 0 Å². The first-order valence-corrected chi connectivity index (χ1v) is 7.56. The molecule has 0 saturated carbocycles. The molecule has 0 atom stereocenters. The van der Waals surface area contributed by atoms with E-state index in [1.807, 2.05) is 17.0 Å². The Morgan fingerprint density at radius 3 is 2.04 bits per heavy atom. The SMILES string of the molecule is O=Cc1ccc(N2CCN(c3ccnc(C(F)(F)F)c3)CC2)cc1. The van der Waals surface area contributed by atoms with Gasteiger partial charge in [0.25, 0.3) is 0 Å². The Kier molecular flexibility index (Phi) is 4.42. The van der Waals surface area contributed by atoms with E-state index in [0.29, 0.717) is 37.4 Å². The molecule has 3 rings (SSSR count). The maximum absolute atomic E-state index is 12.8. The lowest BCUT2D eigenvalue weighted by molar-refractivity contribution is -0.141. The van der Waals surface area contributed by atoms with E-state index in [2.05, 4.69) is 9.88 Å². The van der Waals surface area contributed by atoms with Crippen LogP contribution in [-0.2, 0) is 6.18 Å². The van der Waals surface area contributed by atoms with Crippen LogP contribution in [0.15, 0.2) is 42.6 Å². The standard InChI is InChI=1S/C17H16F3N3O/c18-17(19,20)16-11-15(5-6-21-16)23-9-7-22(8-10-23)14-3-1-13(12-24)2-4-14/h1-6,11-12H,7-10H2. The number of rotatable bonds is 3. The first-order chi connectivity index (χ1) is 11.5. The molecule has 1 aliphatic rings. The average molecular weight is 335 g/mol. The molecule has 0 spiro atoms. The van der Waals surface area contributed by atoms with Crippen molar-refractivity contribution >= 4 is 17.7 Å². The fourth-order valence-electron chi connectivity index (χ4n) is 2.76. The number of nitrogens with zero attached hydrogens (tertiary/aromatic N) is 3. The summed E-state index contributed by atoms with van der Waals surface area (Å²) in [6.07, 6.45) is -2.44. The molecule has 4 nitrogen and oxygen atoms in total. The Hall–Kier alpha value is -2.57. The topological polar surface area (TPSA) is 36.4 Å².